The Morgan fingerprint density at radius 3 is 2.62 bits per heavy atom. The highest BCUT2D eigenvalue weighted by Crippen LogP contribution is 2.29. The summed E-state index contributed by atoms with van der Waals surface area (Å²) in [7, 11) is 0. The molecular formula is C27H28N2O3. The third-order valence-electron chi connectivity index (χ3n) is 5.43. The van der Waals surface area contributed by atoms with Crippen LogP contribution in [0.5, 0.6) is 5.75 Å². The van der Waals surface area contributed by atoms with Crippen molar-refractivity contribution < 1.29 is 13.9 Å². The molecule has 1 N–H and O–H groups in total. The van der Waals surface area contributed by atoms with Crippen LogP contribution in [-0.2, 0) is 0 Å². The highest BCUT2D eigenvalue weighted by molar-refractivity contribution is 6.04. The van der Waals surface area contributed by atoms with Crippen LogP contribution in [0.4, 0.5) is 5.69 Å². The molecule has 0 aliphatic carbocycles. The zero-order valence-corrected chi connectivity index (χ0v) is 18.9. The van der Waals surface area contributed by atoms with Gasteiger partial charge in [-0.3, -0.25) is 4.79 Å². The molecule has 1 amide bonds. The molecule has 164 valence electrons. The fourth-order valence-electron chi connectivity index (χ4n) is 3.53. The van der Waals surface area contributed by atoms with Gasteiger partial charge in [-0.1, -0.05) is 32.0 Å². The number of rotatable bonds is 7. The minimum atomic E-state index is -0.202. The standard InChI is InChI=1S/C27H28N2O3/c1-5-18(4)19-12-13-25-24(16-19)29-27(32-25)21-9-6-10-22(14-21)28-26(30)20-8-7-11-23(15-20)31-17(2)3/h6-18H,5H2,1-4H3,(H,28,30)/t18-/m0/s1. The monoisotopic (exact) mass is 428 g/mol. The zero-order chi connectivity index (χ0) is 22.7. The summed E-state index contributed by atoms with van der Waals surface area (Å²) in [6.07, 6.45) is 1.12. The third kappa shape index (κ3) is 4.83. The van der Waals surface area contributed by atoms with Gasteiger partial charge < -0.3 is 14.5 Å². The molecule has 0 fully saturated rings. The number of nitrogens with zero attached hydrogens (tertiary/aromatic N) is 1. The predicted octanol–water partition coefficient (Wildman–Crippen LogP) is 7.05. The molecule has 1 aromatic heterocycles. The highest BCUT2D eigenvalue weighted by Gasteiger charge is 2.13. The van der Waals surface area contributed by atoms with E-state index >= 15 is 0 Å². The van der Waals surface area contributed by atoms with Crippen molar-refractivity contribution in [1.82, 2.24) is 4.98 Å². The van der Waals surface area contributed by atoms with E-state index in [0.717, 1.165) is 23.1 Å². The first-order chi connectivity index (χ1) is 15.4. The molecule has 4 aromatic rings. The van der Waals surface area contributed by atoms with Crippen LogP contribution < -0.4 is 10.1 Å². The van der Waals surface area contributed by atoms with E-state index in [9.17, 15) is 4.79 Å². The molecule has 0 radical (unpaired) electrons. The lowest BCUT2D eigenvalue weighted by atomic mass is 9.98. The van der Waals surface area contributed by atoms with Crippen LogP contribution in [0.3, 0.4) is 0 Å². The minimum Gasteiger partial charge on any atom is -0.491 e. The van der Waals surface area contributed by atoms with Gasteiger partial charge in [0, 0.05) is 16.8 Å². The Balaban J connectivity index is 1.55. The van der Waals surface area contributed by atoms with E-state index in [-0.39, 0.29) is 12.0 Å². The van der Waals surface area contributed by atoms with Crippen molar-refractivity contribution in [1.29, 1.82) is 0 Å². The highest BCUT2D eigenvalue weighted by atomic mass is 16.5. The van der Waals surface area contributed by atoms with Gasteiger partial charge in [0.05, 0.1) is 6.10 Å². The Morgan fingerprint density at radius 2 is 1.84 bits per heavy atom. The molecule has 0 aliphatic rings. The van der Waals surface area contributed by atoms with E-state index in [1.165, 1.54) is 5.56 Å². The maximum absolute atomic E-state index is 12.8. The molecule has 4 rings (SSSR count). The van der Waals surface area contributed by atoms with Crippen LogP contribution in [0.25, 0.3) is 22.6 Å². The number of ether oxygens (including phenoxy) is 1. The number of carbonyl (C=O) groups is 1. The quantitative estimate of drug-likeness (QED) is 0.343. The second kappa shape index (κ2) is 9.27. The summed E-state index contributed by atoms with van der Waals surface area (Å²) < 4.78 is 11.7. The smallest absolute Gasteiger partial charge is 0.255 e. The Bertz CT molecular complexity index is 1240. The maximum Gasteiger partial charge on any atom is 0.255 e. The first kappa shape index (κ1) is 21.6. The summed E-state index contributed by atoms with van der Waals surface area (Å²) >= 11 is 0. The van der Waals surface area contributed by atoms with Gasteiger partial charge in [0.1, 0.15) is 11.3 Å². The van der Waals surface area contributed by atoms with Crippen LogP contribution in [0.2, 0.25) is 0 Å². The fourth-order valence-corrected chi connectivity index (χ4v) is 3.53. The number of amides is 1. The lowest BCUT2D eigenvalue weighted by molar-refractivity contribution is 0.102. The van der Waals surface area contributed by atoms with Crippen molar-refractivity contribution in [3.05, 3.63) is 77.9 Å². The average molecular weight is 429 g/mol. The molecule has 32 heavy (non-hydrogen) atoms. The molecule has 0 unspecified atom stereocenters. The zero-order valence-electron chi connectivity index (χ0n) is 18.9. The van der Waals surface area contributed by atoms with E-state index in [1.54, 1.807) is 12.1 Å². The normalized spacial score (nSPS) is 12.2. The van der Waals surface area contributed by atoms with Crippen LogP contribution in [0.1, 0.15) is 56.0 Å². The average Bonchev–Trinajstić information content (AvgIpc) is 3.22. The van der Waals surface area contributed by atoms with Gasteiger partial charge in [0.2, 0.25) is 5.89 Å². The summed E-state index contributed by atoms with van der Waals surface area (Å²) in [5.41, 5.74) is 4.86. The molecule has 5 heteroatoms. The molecule has 3 aromatic carbocycles. The fraction of sp³-hybridized carbons (Fsp3) is 0.259. The predicted molar refractivity (Wildman–Crippen MR) is 128 cm³/mol. The molecule has 1 heterocycles. The van der Waals surface area contributed by atoms with Crippen molar-refractivity contribution in [2.45, 2.75) is 46.1 Å². The van der Waals surface area contributed by atoms with Crippen LogP contribution in [0, 0.1) is 0 Å². The van der Waals surface area contributed by atoms with Gasteiger partial charge >= 0.3 is 0 Å². The molecule has 0 spiro atoms. The van der Waals surface area contributed by atoms with Gasteiger partial charge in [-0.15, -0.1) is 0 Å². The van der Waals surface area contributed by atoms with E-state index in [1.807, 2.05) is 56.3 Å². The minimum absolute atomic E-state index is 0.0440. The number of aromatic nitrogens is 1. The summed E-state index contributed by atoms with van der Waals surface area (Å²) in [5.74, 6) is 1.48. The van der Waals surface area contributed by atoms with Crippen molar-refractivity contribution in [2.75, 3.05) is 5.32 Å². The SMILES string of the molecule is CC[C@H](C)c1ccc2oc(-c3cccc(NC(=O)c4cccc(OC(C)C)c4)c3)nc2c1. The Hall–Kier alpha value is -3.60. The Labute approximate surface area is 188 Å². The van der Waals surface area contributed by atoms with Crippen molar-refractivity contribution >= 4 is 22.7 Å². The first-order valence-electron chi connectivity index (χ1n) is 11.0. The van der Waals surface area contributed by atoms with Gasteiger partial charge in [-0.25, -0.2) is 4.98 Å². The molecule has 1 atom stereocenters. The summed E-state index contributed by atoms with van der Waals surface area (Å²) in [6, 6.07) is 20.9. The lowest BCUT2D eigenvalue weighted by Gasteiger charge is -2.11. The second-order valence-corrected chi connectivity index (χ2v) is 8.28. The number of hydrogen-bond donors (Lipinski definition) is 1. The number of hydrogen-bond acceptors (Lipinski definition) is 4. The largest absolute Gasteiger partial charge is 0.491 e. The van der Waals surface area contributed by atoms with Gasteiger partial charge in [-0.05, 0) is 80.3 Å². The number of fused-ring (bicyclic) bond motifs is 1. The van der Waals surface area contributed by atoms with E-state index < -0.39 is 0 Å². The lowest BCUT2D eigenvalue weighted by Crippen LogP contribution is -2.12. The molecule has 0 bridgehead atoms. The molecule has 0 aliphatic heterocycles. The van der Waals surface area contributed by atoms with E-state index in [4.69, 9.17) is 9.15 Å². The first-order valence-corrected chi connectivity index (χ1v) is 11.0. The van der Waals surface area contributed by atoms with Crippen LogP contribution in [0.15, 0.2) is 71.1 Å². The molecular weight excluding hydrogens is 400 g/mol. The molecule has 5 nitrogen and oxygen atoms in total. The van der Waals surface area contributed by atoms with Gasteiger partial charge in [0.25, 0.3) is 5.91 Å². The van der Waals surface area contributed by atoms with Crippen molar-refractivity contribution in [3.63, 3.8) is 0 Å². The number of benzene rings is 3. The number of nitrogens with one attached hydrogen (secondary N) is 1. The maximum atomic E-state index is 12.8. The Kier molecular flexibility index (Phi) is 6.26. The molecule has 0 saturated carbocycles. The number of anilines is 1. The van der Waals surface area contributed by atoms with Gasteiger partial charge in [0.15, 0.2) is 5.58 Å². The third-order valence-corrected chi connectivity index (χ3v) is 5.43. The molecule has 0 saturated heterocycles. The van der Waals surface area contributed by atoms with Crippen molar-refractivity contribution in [3.8, 4) is 17.2 Å². The topological polar surface area (TPSA) is 64.4 Å². The summed E-state index contributed by atoms with van der Waals surface area (Å²) in [5, 5.41) is 2.95. The Morgan fingerprint density at radius 1 is 1.03 bits per heavy atom. The second-order valence-electron chi connectivity index (χ2n) is 8.28. The van der Waals surface area contributed by atoms with Gasteiger partial charge in [-0.2, -0.15) is 0 Å². The summed E-state index contributed by atoms with van der Waals surface area (Å²) in [6.45, 7) is 8.29. The number of carbonyl (C=O) groups excluding carboxylic acids is 1. The van der Waals surface area contributed by atoms with E-state index in [0.29, 0.717) is 28.8 Å². The summed E-state index contributed by atoms with van der Waals surface area (Å²) in [4.78, 5) is 17.4. The van der Waals surface area contributed by atoms with E-state index in [2.05, 4.69) is 36.3 Å². The van der Waals surface area contributed by atoms with Crippen LogP contribution in [-0.4, -0.2) is 17.0 Å². The van der Waals surface area contributed by atoms with Crippen molar-refractivity contribution in [2.24, 2.45) is 0 Å². The van der Waals surface area contributed by atoms with Crippen LogP contribution >= 0.6 is 0 Å². The number of oxazole rings is 1.